The molecule has 0 aliphatic carbocycles. The smallest absolute Gasteiger partial charge is 0.451 e. The molecule has 1 N–H and O–H groups in total. The predicted molar refractivity (Wildman–Crippen MR) is 125 cm³/mol. The van der Waals surface area contributed by atoms with Gasteiger partial charge in [-0.2, -0.15) is 0 Å². The minimum Gasteiger partial charge on any atom is -0.451 e. The number of methoxy groups -OCH3 is 1. The summed E-state index contributed by atoms with van der Waals surface area (Å²) in [7, 11) is 1.10. The van der Waals surface area contributed by atoms with Gasteiger partial charge in [0.15, 0.2) is 11.9 Å². The van der Waals surface area contributed by atoms with Crippen molar-refractivity contribution in [1.82, 2.24) is 14.8 Å². The summed E-state index contributed by atoms with van der Waals surface area (Å²) >= 11 is 5.83. The summed E-state index contributed by atoms with van der Waals surface area (Å²) in [5, 5.41) is 2.47. The third kappa shape index (κ3) is 4.29. The summed E-state index contributed by atoms with van der Waals surface area (Å²) in [6, 6.07) is 4.04. The third-order valence-electron chi connectivity index (χ3n) is 6.65. The quantitative estimate of drug-likeness (QED) is 0.441. The fourth-order valence-corrected chi connectivity index (χ4v) is 5.25. The lowest BCUT2D eigenvalue weighted by Crippen LogP contribution is -2.55. The van der Waals surface area contributed by atoms with Crippen molar-refractivity contribution in [3.63, 3.8) is 0 Å². The molecule has 2 atom stereocenters. The van der Waals surface area contributed by atoms with Gasteiger partial charge in [0.1, 0.15) is 11.4 Å². The zero-order valence-electron chi connectivity index (χ0n) is 19.8. The maximum absolute atomic E-state index is 14.3. The Morgan fingerprint density at radius 1 is 1.30 bits per heavy atom. The summed E-state index contributed by atoms with van der Waals surface area (Å²) in [5.74, 6) is -2.36. The van der Waals surface area contributed by atoms with E-state index in [-0.39, 0.29) is 34.4 Å². The number of aromatic nitrogens is 1. The molecular weight excluding hydrogens is 513 g/mol. The molecule has 37 heavy (non-hydrogen) atoms. The van der Waals surface area contributed by atoms with E-state index in [4.69, 9.17) is 25.8 Å². The first-order valence-corrected chi connectivity index (χ1v) is 12.0. The topological polar surface area (TPSA) is 125 Å². The average molecular weight is 536 g/mol. The number of hydrogen-bond acceptors (Lipinski definition) is 8. The minimum absolute atomic E-state index is 0.0323. The number of ether oxygens (including phenoxy) is 4. The summed E-state index contributed by atoms with van der Waals surface area (Å²) in [4.78, 5) is 53.3. The molecule has 0 unspecified atom stereocenters. The lowest BCUT2D eigenvalue weighted by atomic mass is 10.1. The second-order valence-corrected chi connectivity index (χ2v) is 9.08. The maximum atomic E-state index is 14.3. The van der Waals surface area contributed by atoms with Crippen LogP contribution in [0.5, 0.6) is 5.75 Å². The van der Waals surface area contributed by atoms with E-state index in [0.29, 0.717) is 38.1 Å². The SMILES string of the molecule is COC(=O)OCOc1c2n3c(c(C(=O)NCc4cccc(Cl)c4F)c1=O)CC[C@@H]3[C@@H]1OCCCN1C2=O. The normalized spacial score (nSPS) is 19.6. The molecule has 0 spiro atoms. The second-order valence-electron chi connectivity index (χ2n) is 8.67. The fraction of sp³-hybridized carbons (Fsp3) is 0.417. The van der Waals surface area contributed by atoms with Crippen LogP contribution in [-0.4, -0.2) is 60.7 Å². The molecule has 1 fully saturated rings. The number of rotatable bonds is 6. The second kappa shape index (κ2) is 10.0. The molecule has 3 aliphatic heterocycles. The van der Waals surface area contributed by atoms with Crippen LogP contribution in [0.3, 0.4) is 0 Å². The van der Waals surface area contributed by atoms with Crippen molar-refractivity contribution in [2.45, 2.75) is 38.1 Å². The standard InChI is InChI=1S/C24H23ClFN3O8/c1-34-24(33)37-11-36-20-18-22(32)28-8-3-9-35-23(28)15-7-6-14(29(15)18)16(19(20)30)21(31)27-10-12-4-2-5-13(25)17(12)26/h2,4-5,15,23H,3,6-11H2,1H3,(H,27,31)/t15-,23+/m1/s1. The molecule has 0 radical (unpaired) electrons. The molecule has 1 saturated heterocycles. The molecule has 5 rings (SSSR count). The molecule has 3 aliphatic rings. The Labute approximate surface area is 215 Å². The first-order valence-electron chi connectivity index (χ1n) is 11.6. The Balaban J connectivity index is 1.56. The number of nitrogens with one attached hydrogen (secondary N) is 1. The molecule has 4 heterocycles. The molecule has 11 nitrogen and oxygen atoms in total. The van der Waals surface area contributed by atoms with Crippen molar-refractivity contribution >= 4 is 29.6 Å². The Hall–Kier alpha value is -3.64. The highest BCUT2D eigenvalue weighted by Gasteiger charge is 2.48. The van der Waals surface area contributed by atoms with Gasteiger partial charge < -0.3 is 33.7 Å². The van der Waals surface area contributed by atoms with Gasteiger partial charge in [-0.3, -0.25) is 14.4 Å². The largest absolute Gasteiger partial charge is 0.510 e. The summed E-state index contributed by atoms with van der Waals surface area (Å²) in [6.07, 6.45) is -0.111. The highest BCUT2D eigenvalue weighted by atomic mass is 35.5. The zero-order chi connectivity index (χ0) is 26.3. The van der Waals surface area contributed by atoms with Gasteiger partial charge in [0.2, 0.25) is 18.0 Å². The predicted octanol–water partition coefficient (Wildman–Crippen LogP) is 2.38. The lowest BCUT2D eigenvalue weighted by molar-refractivity contribution is -0.109. The van der Waals surface area contributed by atoms with E-state index in [1.54, 1.807) is 15.5 Å². The van der Waals surface area contributed by atoms with Crippen LogP contribution in [0.25, 0.3) is 0 Å². The van der Waals surface area contributed by atoms with Crippen LogP contribution < -0.4 is 15.5 Å². The molecule has 196 valence electrons. The third-order valence-corrected chi connectivity index (χ3v) is 6.95. The van der Waals surface area contributed by atoms with E-state index in [0.717, 1.165) is 7.11 Å². The van der Waals surface area contributed by atoms with Gasteiger partial charge in [-0.1, -0.05) is 23.7 Å². The van der Waals surface area contributed by atoms with E-state index < -0.39 is 48.0 Å². The number of amides is 2. The average Bonchev–Trinajstić information content (AvgIpc) is 3.33. The van der Waals surface area contributed by atoms with Crippen molar-refractivity contribution in [1.29, 1.82) is 0 Å². The monoisotopic (exact) mass is 535 g/mol. The summed E-state index contributed by atoms with van der Waals surface area (Å²) in [6.45, 7) is -0.0317. The number of benzene rings is 1. The fourth-order valence-electron chi connectivity index (χ4n) is 5.05. The van der Waals surface area contributed by atoms with Crippen LogP contribution in [-0.2, 0) is 27.2 Å². The van der Waals surface area contributed by atoms with Crippen molar-refractivity contribution in [3.8, 4) is 5.75 Å². The molecular formula is C24H23ClFN3O8. The van der Waals surface area contributed by atoms with Gasteiger partial charge in [-0.25, -0.2) is 9.18 Å². The highest BCUT2D eigenvalue weighted by molar-refractivity contribution is 6.30. The van der Waals surface area contributed by atoms with Gasteiger partial charge in [0.25, 0.3) is 11.8 Å². The van der Waals surface area contributed by atoms with E-state index >= 15 is 0 Å². The molecule has 1 aromatic heterocycles. The van der Waals surface area contributed by atoms with Crippen molar-refractivity contribution in [2.24, 2.45) is 0 Å². The Morgan fingerprint density at radius 3 is 2.89 bits per heavy atom. The van der Waals surface area contributed by atoms with Crippen LogP contribution in [0.2, 0.25) is 5.02 Å². The number of halogens is 2. The van der Waals surface area contributed by atoms with Crippen molar-refractivity contribution in [3.05, 3.63) is 61.8 Å². The van der Waals surface area contributed by atoms with E-state index in [1.807, 2.05) is 0 Å². The van der Waals surface area contributed by atoms with Crippen LogP contribution >= 0.6 is 11.6 Å². The van der Waals surface area contributed by atoms with Crippen molar-refractivity contribution < 1.29 is 37.7 Å². The number of carbonyl (C=O) groups excluding carboxylic acids is 3. The summed E-state index contributed by atoms with van der Waals surface area (Å²) < 4.78 is 36.5. The molecule has 2 amide bonds. The van der Waals surface area contributed by atoms with Gasteiger partial charge in [0.05, 0.1) is 24.8 Å². The van der Waals surface area contributed by atoms with Crippen LogP contribution in [0.15, 0.2) is 23.0 Å². The number of pyridine rings is 1. The number of nitrogens with zero attached hydrogens (tertiary/aromatic N) is 2. The van der Waals surface area contributed by atoms with Crippen molar-refractivity contribution in [2.75, 3.05) is 27.1 Å². The highest BCUT2D eigenvalue weighted by Crippen LogP contribution is 2.42. The molecule has 0 saturated carbocycles. The lowest BCUT2D eigenvalue weighted by Gasteiger charge is -2.44. The van der Waals surface area contributed by atoms with Gasteiger partial charge in [-0.15, -0.1) is 0 Å². The van der Waals surface area contributed by atoms with Crippen LogP contribution in [0.1, 0.15) is 51.0 Å². The zero-order valence-corrected chi connectivity index (χ0v) is 20.5. The van der Waals surface area contributed by atoms with Gasteiger partial charge in [0, 0.05) is 24.3 Å². The Morgan fingerprint density at radius 2 is 2.11 bits per heavy atom. The Kier molecular flexibility index (Phi) is 6.78. The first-order chi connectivity index (χ1) is 17.8. The minimum atomic E-state index is -1.05. The van der Waals surface area contributed by atoms with Gasteiger partial charge >= 0.3 is 6.16 Å². The molecule has 1 aromatic carbocycles. The number of fused-ring (bicyclic) bond motifs is 2. The Bertz CT molecular complexity index is 1350. The first kappa shape index (κ1) is 25.0. The molecule has 0 bridgehead atoms. The number of carbonyl (C=O) groups is 3. The summed E-state index contributed by atoms with van der Waals surface area (Å²) in [5.41, 5.74) is -0.617. The van der Waals surface area contributed by atoms with E-state index in [2.05, 4.69) is 10.1 Å². The van der Waals surface area contributed by atoms with Gasteiger partial charge in [-0.05, 0) is 25.3 Å². The van der Waals surface area contributed by atoms with Crippen LogP contribution in [0, 0.1) is 5.82 Å². The molecule has 13 heteroatoms. The number of hydrogen-bond donors (Lipinski definition) is 1. The molecule has 2 aromatic rings. The van der Waals surface area contributed by atoms with E-state index in [9.17, 15) is 23.6 Å². The maximum Gasteiger partial charge on any atom is 0.510 e. The van der Waals surface area contributed by atoms with E-state index in [1.165, 1.54) is 12.1 Å². The van der Waals surface area contributed by atoms with Crippen LogP contribution in [0.4, 0.5) is 9.18 Å².